The molecule has 1 aliphatic rings. The maximum absolute atomic E-state index is 14.1. The molecule has 3 rings (SSSR count). The molecule has 1 atom stereocenters. The van der Waals surface area contributed by atoms with Crippen molar-refractivity contribution in [3.63, 3.8) is 0 Å². The first-order valence-corrected chi connectivity index (χ1v) is 10.4. The third kappa shape index (κ3) is 4.92. The van der Waals surface area contributed by atoms with Crippen molar-refractivity contribution in [3.8, 4) is 0 Å². The van der Waals surface area contributed by atoms with Crippen LogP contribution in [-0.2, 0) is 13.1 Å². The highest BCUT2D eigenvalue weighted by atomic mass is 19.1. The molecule has 1 aromatic heterocycles. The first-order chi connectivity index (χ1) is 13.6. The quantitative estimate of drug-likeness (QED) is 0.617. The first kappa shape index (κ1) is 20.8. The number of rotatable bonds is 9. The van der Waals surface area contributed by atoms with Crippen LogP contribution in [0.2, 0.25) is 0 Å². The van der Waals surface area contributed by atoms with Crippen molar-refractivity contribution in [1.82, 2.24) is 9.47 Å². The van der Waals surface area contributed by atoms with E-state index in [1.165, 1.54) is 38.2 Å². The van der Waals surface area contributed by atoms with Gasteiger partial charge in [-0.25, -0.2) is 4.39 Å². The normalized spacial score (nSPS) is 17.6. The lowest BCUT2D eigenvalue weighted by Crippen LogP contribution is -2.49. The molecule has 3 nitrogen and oxygen atoms in total. The van der Waals surface area contributed by atoms with E-state index in [0.717, 1.165) is 12.2 Å². The third-order valence-corrected chi connectivity index (χ3v) is 6.26. The summed E-state index contributed by atoms with van der Waals surface area (Å²) in [7, 11) is 0. The summed E-state index contributed by atoms with van der Waals surface area (Å²) in [6.07, 6.45) is 10.3. The van der Waals surface area contributed by atoms with Crippen LogP contribution in [0.25, 0.3) is 0 Å². The lowest BCUT2D eigenvalue weighted by Gasteiger charge is -2.41. The minimum Gasteiger partial charge on any atom is -0.394 e. The Morgan fingerprint density at radius 3 is 2.64 bits per heavy atom. The Bertz CT molecular complexity index is 765. The molecule has 0 aliphatic heterocycles. The molecule has 0 amide bonds. The van der Waals surface area contributed by atoms with Crippen molar-refractivity contribution in [2.75, 3.05) is 13.2 Å². The number of nitrogens with zero attached hydrogens (tertiary/aromatic N) is 2. The Hall–Kier alpha value is -1.91. The highest BCUT2D eigenvalue weighted by molar-refractivity contribution is 5.20. The molecule has 0 bridgehead atoms. The number of aliphatic hydroxyl groups excluding tert-OH is 1. The molecule has 1 fully saturated rings. The standard InChI is InChI=1S/C24H33FN2O/c1-3-24(2,19-28)27(16-20-10-5-4-6-11-20)18-22-13-9-15-26(22)17-21-12-7-8-14-23(21)25/h3,7-9,12-15,20,28H,1,4-6,10-11,16-19H2,2H3. The summed E-state index contributed by atoms with van der Waals surface area (Å²) >= 11 is 0. The molecule has 0 saturated heterocycles. The fourth-order valence-electron chi connectivity index (χ4n) is 4.18. The average Bonchev–Trinajstić information content (AvgIpc) is 3.16. The summed E-state index contributed by atoms with van der Waals surface area (Å²) in [4.78, 5) is 2.35. The molecule has 152 valence electrons. The largest absolute Gasteiger partial charge is 0.394 e. The van der Waals surface area contributed by atoms with Crippen LogP contribution in [0.15, 0.2) is 55.3 Å². The zero-order chi connectivity index (χ0) is 20.0. The van der Waals surface area contributed by atoms with E-state index < -0.39 is 5.54 Å². The molecular weight excluding hydrogens is 351 g/mol. The second kappa shape index (κ2) is 9.53. The number of hydrogen-bond acceptors (Lipinski definition) is 2. The van der Waals surface area contributed by atoms with Gasteiger partial charge < -0.3 is 9.67 Å². The van der Waals surface area contributed by atoms with E-state index in [1.807, 2.05) is 37.4 Å². The molecule has 1 aromatic carbocycles. The predicted octanol–water partition coefficient (Wildman–Crippen LogP) is 4.99. The van der Waals surface area contributed by atoms with Crippen molar-refractivity contribution in [3.05, 3.63) is 72.3 Å². The van der Waals surface area contributed by atoms with Crippen molar-refractivity contribution < 1.29 is 9.50 Å². The fraction of sp³-hybridized carbons (Fsp3) is 0.500. The van der Waals surface area contributed by atoms with E-state index in [2.05, 4.69) is 22.1 Å². The van der Waals surface area contributed by atoms with Crippen LogP contribution in [0.4, 0.5) is 4.39 Å². The lowest BCUT2D eigenvalue weighted by molar-refractivity contribution is 0.0509. The van der Waals surface area contributed by atoms with Crippen LogP contribution >= 0.6 is 0 Å². The minimum absolute atomic E-state index is 0.0389. The maximum atomic E-state index is 14.1. The van der Waals surface area contributed by atoms with Gasteiger partial charge in [-0.3, -0.25) is 4.90 Å². The number of halogens is 1. The zero-order valence-electron chi connectivity index (χ0n) is 17.0. The van der Waals surface area contributed by atoms with Gasteiger partial charge >= 0.3 is 0 Å². The SMILES string of the molecule is C=CC(C)(CO)N(Cc1cccn1Cc1ccccc1F)CC1CCCCC1. The molecule has 0 radical (unpaired) electrons. The number of benzene rings is 1. The summed E-state index contributed by atoms with van der Waals surface area (Å²) in [5, 5.41) is 10.1. The maximum Gasteiger partial charge on any atom is 0.128 e. The Morgan fingerprint density at radius 2 is 1.96 bits per heavy atom. The van der Waals surface area contributed by atoms with Crippen LogP contribution in [0.1, 0.15) is 50.3 Å². The van der Waals surface area contributed by atoms with Gasteiger partial charge in [-0.15, -0.1) is 6.58 Å². The van der Waals surface area contributed by atoms with Gasteiger partial charge in [0.15, 0.2) is 0 Å². The monoisotopic (exact) mass is 384 g/mol. The molecule has 1 aliphatic carbocycles. The summed E-state index contributed by atoms with van der Waals surface area (Å²) in [5.41, 5.74) is 1.35. The molecular formula is C24H33FN2O. The van der Waals surface area contributed by atoms with Crippen molar-refractivity contribution in [1.29, 1.82) is 0 Å². The molecule has 1 unspecified atom stereocenters. The number of aromatic nitrogens is 1. The van der Waals surface area contributed by atoms with Crippen molar-refractivity contribution in [2.24, 2.45) is 5.92 Å². The van der Waals surface area contributed by atoms with Gasteiger partial charge in [-0.05, 0) is 43.9 Å². The van der Waals surface area contributed by atoms with E-state index in [9.17, 15) is 9.50 Å². The second-order valence-electron chi connectivity index (χ2n) is 8.32. The van der Waals surface area contributed by atoms with Crippen molar-refractivity contribution >= 4 is 0 Å². The van der Waals surface area contributed by atoms with Crippen LogP contribution in [-0.4, -0.2) is 33.3 Å². The van der Waals surface area contributed by atoms with Crippen molar-refractivity contribution in [2.45, 2.75) is 57.7 Å². The average molecular weight is 385 g/mol. The Labute approximate surface area is 168 Å². The van der Waals surface area contributed by atoms with Crippen LogP contribution in [0.5, 0.6) is 0 Å². The number of aliphatic hydroxyl groups is 1. The molecule has 4 heteroatoms. The Balaban J connectivity index is 1.79. The van der Waals surface area contributed by atoms with Gasteiger partial charge in [-0.1, -0.05) is 43.5 Å². The van der Waals surface area contributed by atoms with Crippen LogP contribution in [0, 0.1) is 11.7 Å². The predicted molar refractivity (Wildman–Crippen MR) is 113 cm³/mol. The molecule has 28 heavy (non-hydrogen) atoms. The minimum atomic E-state index is -0.468. The van der Waals surface area contributed by atoms with Crippen LogP contribution < -0.4 is 0 Å². The molecule has 1 N–H and O–H groups in total. The van der Waals surface area contributed by atoms with Gasteiger partial charge in [-0.2, -0.15) is 0 Å². The molecule has 1 heterocycles. The summed E-state index contributed by atoms with van der Waals surface area (Å²) in [6, 6.07) is 11.0. The highest BCUT2D eigenvalue weighted by Crippen LogP contribution is 2.29. The van der Waals surface area contributed by atoms with Crippen LogP contribution in [0.3, 0.4) is 0 Å². The third-order valence-electron chi connectivity index (χ3n) is 6.26. The van der Waals surface area contributed by atoms with E-state index in [-0.39, 0.29) is 12.4 Å². The Kier molecular flexibility index (Phi) is 7.08. The molecule has 2 aromatic rings. The lowest BCUT2D eigenvalue weighted by atomic mass is 9.87. The first-order valence-electron chi connectivity index (χ1n) is 10.4. The summed E-state index contributed by atoms with van der Waals surface area (Å²) < 4.78 is 16.2. The summed E-state index contributed by atoms with van der Waals surface area (Å²) in [5.74, 6) is 0.488. The smallest absolute Gasteiger partial charge is 0.128 e. The van der Waals surface area contributed by atoms with E-state index in [4.69, 9.17) is 0 Å². The van der Waals surface area contributed by atoms with Gasteiger partial charge in [0.05, 0.1) is 18.7 Å². The van der Waals surface area contributed by atoms with E-state index >= 15 is 0 Å². The zero-order valence-corrected chi connectivity index (χ0v) is 17.0. The molecule has 1 saturated carbocycles. The summed E-state index contributed by atoms with van der Waals surface area (Å²) in [6.45, 7) is 8.25. The second-order valence-corrected chi connectivity index (χ2v) is 8.32. The van der Waals surface area contributed by atoms with Gasteiger partial charge in [0.25, 0.3) is 0 Å². The number of hydrogen-bond donors (Lipinski definition) is 1. The van der Waals surface area contributed by atoms with E-state index in [1.54, 1.807) is 6.07 Å². The topological polar surface area (TPSA) is 28.4 Å². The Morgan fingerprint density at radius 1 is 1.21 bits per heavy atom. The fourth-order valence-corrected chi connectivity index (χ4v) is 4.18. The van der Waals surface area contributed by atoms with Gasteiger partial charge in [0.2, 0.25) is 0 Å². The van der Waals surface area contributed by atoms with Gasteiger partial charge in [0.1, 0.15) is 5.82 Å². The molecule has 0 spiro atoms. The van der Waals surface area contributed by atoms with E-state index in [0.29, 0.717) is 24.6 Å². The van der Waals surface area contributed by atoms with Gasteiger partial charge in [0, 0.05) is 30.5 Å². The highest BCUT2D eigenvalue weighted by Gasteiger charge is 2.31.